The Morgan fingerprint density at radius 2 is 1.92 bits per heavy atom. The van der Waals surface area contributed by atoms with Gasteiger partial charge in [0, 0.05) is 18.0 Å². The van der Waals surface area contributed by atoms with E-state index in [1.54, 1.807) is 18.4 Å². The lowest BCUT2D eigenvalue weighted by atomic mass is 10.2. The third-order valence-electron chi connectivity index (χ3n) is 4.34. The summed E-state index contributed by atoms with van der Waals surface area (Å²) in [6.07, 6.45) is 0. The third kappa shape index (κ3) is 3.00. The molecule has 0 spiro atoms. The van der Waals surface area contributed by atoms with Gasteiger partial charge in [-0.15, -0.1) is 11.3 Å². The summed E-state index contributed by atoms with van der Waals surface area (Å²) in [5, 5.41) is 9.34. The number of hydrogen-bond acceptors (Lipinski definition) is 7. The second kappa shape index (κ2) is 6.79. The SMILES string of the molecule is COc1ccc(CNCc2nn3c(=O)c4c(C)c(C)sc4nc3s2)cc1. The highest BCUT2D eigenvalue weighted by atomic mass is 32.1. The van der Waals surface area contributed by atoms with E-state index in [0.29, 0.717) is 16.9 Å². The molecule has 4 aromatic rings. The highest BCUT2D eigenvalue weighted by Crippen LogP contribution is 2.27. The second-order valence-electron chi connectivity index (χ2n) is 6.02. The third-order valence-corrected chi connectivity index (χ3v) is 6.35. The molecule has 0 aliphatic heterocycles. The van der Waals surface area contributed by atoms with Gasteiger partial charge in [-0.3, -0.25) is 4.79 Å². The van der Waals surface area contributed by atoms with Crippen LogP contribution in [0.5, 0.6) is 5.75 Å². The number of hydrogen-bond donors (Lipinski definition) is 1. The van der Waals surface area contributed by atoms with Gasteiger partial charge in [-0.05, 0) is 37.1 Å². The lowest BCUT2D eigenvalue weighted by Crippen LogP contribution is -2.16. The van der Waals surface area contributed by atoms with Crippen molar-refractivity contribution in [2.75, 3.05) is 7.11 Å². The minimum absolute atomic E-state index is 0.0792. The van der Waals surface area contributed by atoms with Crippen molar-refractivity contribution >= 4 is 37.9 Å². The van der Waals surface area contributed by atoms with E-state index in [1.165, 1.54) is 15.9 Å². The number of benzene rings is 1. The van der Waals surface area contributed by atoms with Crippen LogP contribution in [-0.2, 0) is 13.1 Å². The summed E-state index contributed by atoms with van der Waals surface area (Å²) in [5.74, 6) is 0.843. The topological polar surface area (TPSA) is 68.5 Å². The molecule has 134 valence electrons. The first-order valence-electron chi connectivity index (χ1n) is 8.19. The maximum Gasteiger partial charge on any atom is 0.284 e. The number of nitrogens with zero attached hydrogens (tertiary/aromatic N) is 3. The van der Waals surface area contributed by atoms with Crippen molar-refractivity contribution in [1.29, 1.82) is 0 Å². The molecule has 8 heteroatoms. The number of nitrogens with one attached hydrogen (secondary N) is 1. The Labute approximate surface area is 158 Å². The van der Waals surface area contributed by atoms with Crippen LogP contribution in [0.2, 0.25) is 0 Å². The van der Waals surface area contributed by atoms with Crippen LogP contribution in [0.25, 0.3) is 15.2 Å². The normalized spacial score (nSPS) is 11.5. The molecular weight excluding hydrogens is 368 g/mol. The van der Waals surface area contributed by atoms with Crippen molar-refractivity contribution in [2.24, 2.45) is 0 Å². The molecule has 3 aromatic heterocycles. The zero-order chi connectivity index (χ0) is 18.3. The first kappa shape index (κ1) is 17.1. The summed E-state index contributed by atoms with van der Waals surface area (Å²) in [4.78, 5) is 19.9. The summed E-state index contributed by atoms with van der Waals surface area (Å²) >= 11 is 3.01. The van der Waals surface area contributed by atoms with Gasteiger partial charge in [-0.1, -0.05) is 23.5 Å². The fraction of sp³-hybridized carbons (Fsp3) is 0.278. The van der Waals surface area contributed by atoms with E-state index in [0.717, 1.165) is 38.1 Å². The lowest BCUT2D eigenvalue weighted by molar-refractivity contribution is 0.414. The molecule has 6 nitrogen and oxygen atoms in total. The highest BCUT2D eigenvalue weighted by molar-refractivity contribution is 7.19. The van der Waals surface area contributed by atoms with Gasteiger partial charge in [0.25, 0.3) is 5.56 Å². The Morgan fingerprint density at radius 1 is 1.15 bits per heavy atom. The second-order valence-corrected chi connectivity index (χ2v) is 8.27. The van der Waals surface area contributed by atoms with Gasteiger partial charge >= 0.3 is 0 Å². The smallest absolute Gasteiger partial charge is 0.284 e. The maximum atomic E-state index is 12.7. The van der Waals surface area contributed by atoms with Crippen LogP contribution in [0.15, 0.2) is 29.1 Å². The van der Waals surface area contributed by atoms with Gasteiger partial charge < -0.3 is 10.1 Å². The van der Waals surface area contributed by atoms with Crippen LogP contribution < -0.4 is 15.6 Å². The Bertz CT molecular complexity index is 1140. The van der Waals surface area contributed by atoms with E-state index in [2.05, 4.69) is 15.4 Å². The van der Waals surface area contributed by atoms with E-state index in [9.17, 15) is 4.79 Å². The fourth-order valence-corrected chi connectivity index (χ4v) is 4.72. The first-order chi connectivity index (χ1) is 12.6. The van der Waals surface area contributed by atoms with Crippen LogP contribution in [-0.4, -0.2) is 21.7 Å². The molecule has 0 saturated heterocycles. The average Bonchev–Trinajstić information content (AvgIpc) is 3.17. The van der Waals surface area contributed by atoms with Gasteiger partial charge in [0.05, 0.1) is 12.5 Å². The number of thiophene rings is 1. The predicted octanol–water partition coefficient (Wildman–Crippen LogP) is 3.28. The van der Waals surface area contributed by atoms with Crippen LogP contribution in [0.3, 0.4) is 0 Å². The highest BCUT2D eigenvalue weighted by Gasteiger charge is 2.15. The van der Waals surface area contributed by atoms with Crippen molar-refractivity contribution < 1.29 is 4.74 Å². The Kier molecular flexibility index (Phi) is 4.47. The Hall–Kier alpha value is -2.29. The Morgan fingerprint density at radius 3 is 2.65 bits per heavy atom. The lowest BCUT2D eigenvalue weighted by Gasteiger charge is -2.04. The quantitative estimate of drug-likeness (QED) is 0.570. The first-order valence-corrected chi connectivity index (χ1v) is 9.82. The summed E-state index contributed by atoms with van der Waals surface area (Å²) in [6, 6.07) is 7.93. The molecule has 1 aromatic carbocycles. The zero-order valence-corrected chi connectivity index (χ0v) is 16.3. The molecule has 1 N–H and O–H groups in total. The van der Waals surface area contributed by atoms with Crippen LogP contribution in [0.4, 0.5) is 0 Å². The summed E-state index contributed by atoms with van der Waals surface area (Å²) < 4.78 is 6.59. The van der Waals surface area contributed by atoms with Crippen LogP contribution >= 0.6 is 22.7 Å². The minimum Gasteiger partial charge on any atom is -0.497 e. The molecule has 0 amide bonds. The number of aryl methyl sites for hydroxylation is 2. The van der Waals surface area contributed by atoms with Crippen molar-refractivity contribution in [1.82, 2.24) is 19.9 Å². The number of ether oxygens (including phenoxy) is 1. The zero-order valence-electron chi connectivity index (χ0n) is 14.7. The molecule has 26 heavy (non-hydrogen) atoms. The number of methoxy groups -OCH3 is 1. The van der Waals surface area contributed by atoms with E-state index >= 15 is 0 Å². The minimum atomic E-state index is -0.0792. The van der Waals surface area contributed by atoms with Gasteiger partial charge in [0.15, 0.2) is 0 Å². The van der Waals surface area contributed by atoms with E-state index in [4.69, 9.17) is 4.74 Å². The van der Waals surface area contributed by atoms with Crippen LogP contribution in [0, 0.1) is 13.8 Å². The molecule has 0 atom stereocenters. The van der Waals surface area contributed by atoms with Crippen LogP contribution in [0.1, 0.15) is 21.0 Å². The van der Waals surface area contributed by atoms with Gasteiger partial charge in [0.2, 0.25) is 4.96 Å². The molecule has 0 fully saturated rings. The summed E-state index contributed by atoms with van der Waals surface area (Å²) in [6.45, 7) is 5.29. The molecule has 0 radical (unpaired) electrons. The number of rotatable bonds is 5. The summed E-state index contributed by atoms with van der Waals surface area (Å²) in [7, 11) is 1.66. The maximum absolute atomic E-state index is 12.7. The molecule has 0 aliphatic rings. The monoisotopic (exact) mass is 386 g/mol. The number of fused-ring (bicyclic) bond motifs is 2. The number of aromatic nitrogens is 3. The molecule has 0 aliphatic carbocycles. The predicted molar refractivity (Wildman–Crippen MR) is 106 cm³/mol. The molecule has 0 bridgehead atoms. The van der Waals surface area contributed by atoms with Crippen molar-refractivity contribution in [3.05, 3.63) is 55.6 Å². The van der Waals surface area contributed by atoms with Gasteiger partial charge in [-0.25, -0.2) is 4.98 Å². The van der Waals surface area contributed by atoms with E-state index < -0.39 is 0 Å². The largest absolute Gasteiger partial charge is 0.497 e. The summed E-state index contributed by atoms with van der Waals surface area (Å²) in [5.41, 5.74) is 2.09. The van der Waals surface area contributed by atoms with Gasteiger partial charge in [0.1, 0.15) is 15.6 Å². The van der Waals surface area contributed by atoms with E-state index in [1.807, 2.05) is 38.1 Å². The van der Waals surface area contributed by atoms with Crippen molar-refractivity contribution in [3.8, 4) is 5.75 Å². The average molecular weight is 387 g/mol. The van der Waals surface area contributed by atoms with Gasteiger partial charge in [-0.2, -0.15) is 9.61 Å². The van der Waals surface area contributed by atoms with Crippen molar-refractivity contribution in [3.63, 3.8) is 0 Å². The molecule has 0 saturated carbocycles. The standard InChI is InChI=1S/C18H18N4O2S2/c1-10-11(2)25-16-15(10)17(23)22-18(20-16)26-14(21-22)9-19-8-12-4-6-13(24-3)7-5-12/h4-7,19H,8-9H2,1-3H3. The fourth-order valence-electron chi connectivity index (χ4n) is 2.79. The Balaban J connectivity index is 1.54. The molecular formula is C18H18N4O2S2. The molecule has 0 unspecified atom stereocenters. The van der Waals surface area contributed by atoms with E-state index in [-0.39, 0.29) is 5.56 Å². The molecule has 3 heterocycles. The molecule has 4 rings (SSSR count). The van der Waals surface area contributed by atoms with Crippen molar-refractivity contribution in [2.45, 2.75) is 26.9 Å².